The van der Waals surface area contributed by atoms with Crippen LogP contribution in [-0.4, -0.2) is 61.2 Å². The SMILES string of the molecule is CC(C)(O)/C=C/C(=O)C(C)(O)[C@H]1[C@H](O)C[C@@]2(C)[C@@H]3CC=C4[C@@H](CC(=O)[C@@H](O)C4(C)C)[C@]3(C)C(=O)C[C@]12C. The Morgan fingerprint density at radius 1 is 1.03 bits per heavy atom. The Hall–Kier alpha value is -1.67. The number of ketones is 3. The van der Waals surface area contributed by atoms with Crippen molar-refractivity contribution in [1.29, 1.82) is 0 Å². The average molecular weight is 517 g/mol. The Labute approximate surface area is 220 Å². The van der Waals surface area contributed by atoms with E-state index in [1.165, 1.54) is 26.8 Å². The third kappa shape index (κ3) is 3.71. The maximum Gasteiger partial charge on any atom is 0.187 e. The summed E-state index contributed by atoms with van der Waals surface area (Å²) < 4.78 is 0. The highest BCUT2D eigenvalue weighted by atomic mass is 16.3. The monoisotopic (exact) mass is 516 g/mol. The quantitative estimate of drug-likeness (QED) is 0.334. The predicted octanol–water partition coefficient (Wildman–Crippen LogP) is 2.93. The molecule has 4 rings (SSSR count). The molecule has 4 aliphatic carbocycles. The third-order valence-electron chi connectivity index (χ3n) is 11.2. The molecule has 9 atom stereocenters. The summed E-state index contributed by atoms with van der Waals surface area (Å²) in [5.41, 5.74) is -5.36. The second-order valence-corrected chi connectivity index (χ2v) is 14.3. The van der Waals surface area contributed by atoms with Crippen molar-refractivity contribution in [2.24, 2.45) is 39.4 Å². The molecule has 0 radical (unpaired) electrons. The average Bonchev–Trinajstić information content (AvgIpc) is 2.96. The van der Waals surface area contributed by atoms with Gasteiger partial charge in [0.05, 0.1) is 11.7 Å². The van der Waals surface area contributed by atoms with Crippen LogP contribution in [-0.2, 0) is 14.4 Å². The fraction of sp³-hybridized carbons (Fsp3) is 0.767. The largest absolute Gasteiger partial charge is 0.393 e. The fourth-order valence-corrected chi connectivity index (χ4v) is 8.95. The Balaban J connectivity index is 1.80. The second kappa shape index (κ2) is 8.17. The zero-order chi connectivity index (χ0) is 28.1. The number of aliphatic hydroxyl groups is 4. The van der Waals surface area contributed by atoms with Crippen molar-refractivity contribution >= 4 is 17.3 Å². The molecule has 0 aromatic heterocycles. The number of fused-ring (bicyclic) bond motifs is 5. The number of aliphatic hydroxyl groups excluding tert-OH is 2. The van der Waals surface area contributed by atoms with Gasteiger partial charge in [0.2, 0.25) is 0 Å². The van der Waals surface area contributed by atoms with Crippen LogP contribution in [0.25, 0.3) is 0 Å². The molecule has 0 amide bonds. The fourth-order valence-electron chi connectivity index (χ4n) is 8.95. The molecule has 0 spiro atoms. The highest BCUT2D eigenvalue weighted by Gasteiger charge is 2.74. The first kappa shape index (κ1) is 28.3. The lowest BCUT2D eigenvalue weighted by Crippen LogP contribution is -2.65. The van der Waals surface area contributed by atoms with Crippen LogP contribution in [0.15, 0.2) is 23.8 Å². The first-order chi connectivity index (χ1) is 16.7. The third-order valence-corrected chi connectivity index (χ3v) is 11.2. The molecular formula is C30H44O7. The van der Waals surface area contributed by atoms with Crippen molar-refractivity contribution in [3.63, 3.8) is 0 Å². The minimum atomic E-state index is -1.95. The van der Waals surface area contributed by atoms with Gasteiger partial charge in [0.25, 0.3) is 0 Å². The summed E-state index contributed by atoms with van der Waals surface area (Å²) in [7, 11) is 0. The van der Waals surface area contributed by atoms with E-state index < -0.39 is 56.8 Å². The number of hydrogen-bond donors (Lipinski definition) is 4. The lowest BCUT2D eigenvalue weighted by atomic mass is 9.38. The molecule has 0 heterocycles. The van der Waals surface area contributed by atoms with Gasteiger partial charge in [-0.05, 0) is 62.4 Å². The Kier molecular flexibility index (Phi) is 6.26. The van der Waals surface area contributed by atoms with Crippen molar-refractivity contribution in [2.75, 3.05) is 0 Å². The number of hydrogen-bond acceptors (Lipinski definition) is 7. The van der Waals surface area contributed by atoms with Gasteiger partial charge in [-0.2, -0.15) is 0 Å². The maximum absolute atomic E-state index is 14.2. The van der Waals surface area contributed by atoms with Gasteiger partial charge in [0.15, 0.2) is 11.6 Å². The van der Waals surface area contributed by atoms with Crippen molar-refractivity contribution < 1.29 is 34.8 Å². The van der Waals surface area contributed by atoms with Crippen LogP contribution in [0.2, 0.25) is 0 Å². The number of carbonyl (C=O) groups is 3. The van der Waals surface area contributed by atoms with Crippen molar-refractivity contribution in [3.05, 3.63) is 23.8 Å². The summed E-state index contributed by atoms with van der Waals surface area (Å²) >= 11 is 0. The van der Waals surface area contributed by atoms with E-state index in [0.717, 1.165) is 11.6 Å². The molecule has 7 heteroatoms. The molecule has 206 valence electrons. The molecule has 4 N–H and O–H groups in total. The number of allylic oxidation sites excluding steroid dienone is 1. The van der Waals surface area contributed by atoms with Crippen LogP contribution >= 0.6 is 0 Å². The molecule has 4 aliphatic rings. The van der Waals surface area contributed by atoms with Gasteiger partial charge in [0.1, 0.15) is 17.5 Å². The number of Topliss-reactive ketones (excluding diaryl/α,β-unsaturated/α-hetero) is 2. The van der Waals surface area contributed by atoms with E-state index in [2.05, 4.69) is 13.0 Å². The van der Waals surface area contributed by atoms with E-state index in [4.69, 9.17) is 0 Å². The normalized spacial score (nSPS) is 45.1. The zero-order valence-electron chi connectivity index (χ0n) is 23.5. The van der Waals surface area contributed by atoms with Gasteiger partial charge in [-0.3, -0.25) is 14.4 Å². The summed E-state index contributed by atoms with van der Waals surface area (Å²) in [5, 5.41) is 43.7. The molecule has 0 aromatic rings. The van der Waals surface area contributed by atoms with E-state index in [1.54, 1.807) is 0 Å². The predicted molar refractivity (Wildman–Crippen MR) is 138 cm³/mol. The molecule has 7 nitrogen and oxygen atoms in total. The van der Waals surface area contributed by atoms with Gasteiger partial charge in [-0.1, -0.05) is 52.3 Å². The van der Waals surface area contributed by atoms with Crippen LogP contribution in [0.5, 0.6) is 0 Å². The minimum absolute atomic E-state index is 0.0255. The first-order valence-electron chi connectivity index (χ1n) is 13.5. The van der Waals surface area contributed by atoms with Crippen LogP contribution in [0.3, 0.4) is 0 Å². The van der Waals surface area contributed by atoms with Gasteiger partial charge in [0, 0.05) is 29.6 Å². The lowest BCUT2D eigenvalue weighted by Gasteiger charge is -2.64. The maximum atomic E-state index is 14.2. The Morgan fingerprint density at radius 3 is 2.19 bits per heavy atom. The summed E-state index contributed by atoms with van der Waals surface area (Å²) in [6.45, 7) is 14.1. The minimum Gasteiger partial charge on any atom is -0.393 e. The lowest BCUT2D eigenvalue weighted by molar-refractivity contribution is -0.183. The Bertz CT molecular complexity index is 1090. The van der Waals surface area contributed by atoms with E-state index in [-0.39, 0.29) is 36.2 Å². The van der Waals surface area contributed by atoms with Gasteiger partial charge in [-0.25, -0.2) is 0 Å². The van der Waals surface area contributed by atoms with Crippen LogP contribution < -0.4 is 0 Å². The molecular weight excluding hydrogens is 472 g/mol. The van der Waals surface area contributed by atoms with E-state index >= 15 is 0 Å². The molecule has 0 aromatic carbocycles. The van der Waals surface area contributed by atoms with Crippen LogP contribution in [0.4, 0.5) is 0 Å². The first-order valence-corrected chi connectivity index (χ1v) is 13.5. The van der Waals surface area contributed by atoms with Crippen LogP contribution in [0, 0.1) is 39.4 Å². The standard InChI is InChI=1S/C30H44O7/c1-25(2,36)12-11-21(33)30(8,37)23-19(32)14-27(5)20-10-9-16-17(13-18(31)24(35)26(16,3)4)29(20,7)22(34)15-28(23,27)6/h9,11-12,17,19-20,23-24,32,35-37H,10,13-15H2,1-8H3/b12-11+/t17-,19-,20+,23+,24-,27+,28-,29+,30?/m1/s1. The highest BCUT2D eigenvalue weighted by Crippen LogP contribution is 2.74. The van der Waals surface area contributed by atoms with Gasteiger partial charge < -0.3 is 20.4 Å². The van der Waals surface area contributed by atoms with Crippen molar-refractivity contribution in [1.82, 2.24) is 0 Å². The molecule has 37 heavy (non-hydrogen) atoms. The summed E-state index contributed by atoms with van der Waals surface area (Å²) in [5.74, 6) is -2.34. The Morgan fingerprint density at radius 2 is 1.62 bits per heavy atom. The summed E-state index contributed by atoms with van der Waals surface area (Å²) in [4.78, 5) is 40.3. The van der Waals surface area contributed by atoms with E-state index in [9.17, 15) is 34.8 Å². The van der Waals surface area contributed by atoms with E-state index in [0.29, 0.717) is 12.8 Å². The van der Waals surface area contributed by atoms with Gasteiger partial charge >= 0.3 is 0 Å². The van der Waals surface area contributed by atoms with Crippen LogP contribution in [0.1, 0.15) is 81.1 Å². The summed E-state index contributed by atoms with van der Waals surface area (Å²) in [6, 6.07) is 0. The molecule has 0 bridgehead atoms. The molecule has 3 saturated carbocycles. The molecule has 0 aliphatic heterocycles. The number of carbonyl (C=O) groups excluding carboxylic acids is 3. The topological polar surface area (TPSA) is 132 Å². The molecule has 0 saturated heterocycles. The molecule has 3 fully saturated rings. The highest BCUT2D eigenvalue weighted by molar-refractivity contribution is 5.97. The molecule has 1 unspecified atom stereocenters. The van der Waals surface area contributed by atoms with Crippen molar-refractivity contribution in [2.45, 2.75) is 104 Å². The zero-order valence-corrected chi connectivity index (χ0v) is 23.5. The smallest absolute Gasteiger partial charge is 0.187 e. The van der Waals surface area contributed by atoms with Crippen molar-refractivity contribution in [3.8, 4) is 0 Å². The van der Waals surface area contributed by atoms with E-state index in [1.807, 2.05) is 27.7 Å². The summed E-state index contributed by atoms with van der Waals surface area (Å²) in [6.07, 6.45) is 3.49. The van der Waals surface area contributed by atoms with Gasteiger partial charge in [-0.15, -0.1) is 0 Å². The number of rotatable bonds is 4. The second-order valence-electron chi connectivity index (χ2n) is 14.3.